The van der Waals surface area contributed by atoms with Crippen LogP contribution in [0.15, 0.2) is 33.7 Å². The molecule has 0 spiro atoms. The fourth-order valence-corrected chi connectivity index (χ4v) is 3.79. The van der Waals surface area contributed by atoms with E-state index in [0.29, 0.717) is 13.2 Å². The molecule has 0 fully saturated rings. The lowest BCUT2D eigenvalue weighted by molar-refractivity contribution is 0.336. The first-order chi connectivity index (χ1) is 13.0. The highest BCUT2D eigenvalue weighted by Crippen LogP contribution is 2.31. The standard InChI is InChI=1S/C20H26N4O2S.HI/c1-6-25-16-9-7-8-15-10-17(26-19(15)16)12(2)24-20(21-5)22-11-18-13(3)23-14(4)27-18;/h7-10,12H,6,11H2,1-5H3,(H2,21,22,24);1H. The van der Waals surface area contributed by atoms with Crippen molar-refractivity contribution in [2.75, 3.05) is 13.7 Å². The second kappa shape index (κ2) is 10.1. The van der Waals surface area contributed by atoms with Crippen molar-refractivity contribution in [2.24, 2.45) is 4.99 Å². The van der Waals surface area contributed by atoms with E-state index in [1.54, 1.807) is 18.4 Å². The van der Waals surface area contributed by atoms with Crippen LogP contribution in [-0.4, -0.2) is 24.6 Å². The summed E-state index contributed by atoms with van der Waals surface area (Å²) in [4.78, 5) is 10.00. The molecular weight excluding hydrogens is 487 g/mol. The van der Waals surface area contributed by atoms with Crippen LogP contribution in [0.2, 0.25) is 0 Å². The number of para-hydroxylation sites is 1. The predicted molar refractivity (Wildman–Crippen MR) is 126 cm³/mol. The van der Waals surface area contributed by atoms with E-state index in [1.807, 2.05) is 52.0 Å². The fraction of sp³-hybridized carbons (Fsp3) is 0.400. The minimum absolute atomic E-state index is 0. The summed E-state index contributed by atoms with van der Waals surface area (Å²) in [7, 11) is 1.76. The number of guanidine groups is 1. The lowest BCUT2D eigenvalue weighted by Gasteiger charge is -2.16. The molecule has 0 saturated heterocycles. The zero-order valence-electron chi connectivity index (χ0n) is 16.8. The molecule has 2 aromatic heterocycles. The second-order valence-electron chi connectivity index (χ2n) is 6.29. The molecule has 1 unspecified atom stereocenters. The molecule has 2 N–H and O–H groups in total. The SMILES string of the molecule is CCOc1cccc2cc(C(C)NC(=NC)NCc3sc(C)nc3C)oc12.I. The summed E-state index contributed by atoms with van der Waals surface area (Å²) in [5.41, 5.74) is 1.84. The van der Waals surface area contributed by atoms with Gasteiger partial charge in [-0.05, 0) is 39.8 Å². The first-order valence-corrected chi connectivity index (χ1v) is 9.88. The number of nitrogens with zero attached hydrogens (tertiary/aromatic N) is 2. The Balaban J connectivity index is 0.00000280. The minimum atomic E-state index is -0.0395. The summed E-state index contributed by atoms with van der Waals surface area (Å²) in [6.07, 6.45) is 0. The van der Waals surface area contributed by atoms with Crippen LogP contribution in [0.1, 0.15) is 41.2 Å². The van der Waals surface area contributed by atoms with Crippen molar-refractivity contribution in [3.8, 4) is 5.75 Å². The zero-order valence-corrected chi connectivity index (χ0v) is 20.0. The Labute approximate surface area is 186 Å². The van der Waals surface area contributed by atoms with Crippen molar-refractivity contribution < 1.29 is 9.15 Å². The highest BCUT2D eigenvalue weighted by molar-refractivity contribution is 14.0. The Morgan fingerprint density at radius 2 is 2.14 bits per heavy atom. The van der Waals surface area contributed by atoms with E-state index in [2.05, 4.69) is 20.6 Å². The van der Waals surface area contributed by atoms with Gasteiger partial charge in [0.15, 0.2) is 17.3 Å². The van der Waals surface area contributed by atoms with Gasteiger partial charge < -0.3 is 19.8 Å². The minimum Gasteiger partial charge on any atom is -0.490 e. The van der Waals surface area contributed by atoms with Gasteiger partial charge in [-0.3, -0.25) is 4.99 Å². The van der Waals surface area contributed by atoms with Gasteiger partial charge >= 0.3 is 0 Å². The Morgan fingerprint density at radius 1 is 1.36 bits per heavy atom. The number of hydrogen-bond acceptors (Lipinski definition) is 5. The van der Waals surface area contributed by atoms with Gasteiger partial charge in [0.05, 0.1) is 29.9 Å². The number of halogens is 1. The van der Waals surface area contributed by atoms with Gasteiger partial charge in [0.2, 0.25) is 0 Å². The molecular formula is C20H27IN4O2S. The molecule has 0 bridgehead atoms. The first kappa shape index (κ1) is 22.5. The first-order valence-electron chi connectivity index (χ1n) is 9.07. The van der Waals surface area contributed by atoms with Crippen LogP contribution >= 0.6 is 35.3 Å². The fourth-order valence-electron chi connectivity index (χ4n) is 2.91. The summed E-state index contributed by atoms with van der Waals surface area (Å²) in [6, 6.07) is 7.93. The summed E-state index contributed by atoms with van der Waals surface area (Å²) < 4.78 is 11.7. The van der Waals surface area contributed by atoms with Crippen LogP contribution in [0.5, 0.6) is 5.75 Å². The lowest BCUT2D eigenvalue weighted by atomic mass is 10.2. The zero-order chi connectivity index (χ0) is 19.4. The molecule has 1 aromatic carbocycles. The Kier molecular flexibility index (Phi) is 8.11. The molecule has 0 amide bonds. The maximum atomic E-state index is 6.07. The van der Waals surface area contributed by atoms with Crippen molar-refractivity contribution in [1.82, 2.24) is 15.6 Å². The van der Waals surface area contributed by atoms with Crippen molar-refractivity contribution >= 4 is 52.2 Å². The van der Waals surface area contributed by atoms with Crippen molar-refractivity contribution in [3.63, 3.8) is 0 Å². The van der Waals surface area contributed by atoms with Gasteiger partial charge in [-0.15, -0.1) is 35.3 Å². The van der Waals surface area contributed by atoms with Gasteiger partial charge in [0.1, 0.15) is 5.76 Å². The Morgan fingerprint density at radius 3 is 2.79 bits per heavy atom. The normalized spacial score (nSPS) is 12.5. The third-order valence-electron chi connectivity index (χ3n) is 4.25. The number of furan rings is 1. The van der Waals surface area contributed by atoms with Crippen molar-refractivity contribution in [2.45, 2.75) is 40.3 Å². The molecule has 3 aromatic rings. The van der Waals surface area contributed by atoms with Crippen molar-refractivity contribution in [1.29, 1.82) is 0 Å². The highest BCUT2D eigenvalue weighted by atomic mass is 127. The van der Waals surface area contributed by atoms with E-state index in [4.69, 9.17) is 9.15 Å². The van der Waals surface area contributed by atoms with E-state index < -0.39 is 0 Å². The number of aromatic nitrogens is 1. The van der Waals surface area contributed by atoms with Gasteiger partial charge in [0.25, 0.3) is 0 Å². The van der Waals surface area contributed by atoms with Gasteiger partial charge in [0, 0.05) is 17.3 Å². The number of benzene rings is 1. The van der Waals surface area contributed by atoms with E-state index in [-0.39, 0.29) is 30.0 Å². The number of rotatable bonds is 6. The van der Waals surface area contributed by atoms with E-state index in [0.717, 1.165) is 39.1 Å². The molecule has 1 atom stereocenters. The largest absolute Gasteiger partial charge is 0.490 e. The van der Waals surface area contributed by atoms with Gasteiger partial charge in [-0.2, -0.15) is 0 Å². The van der Waals surface area contributed by atoms with Crippen LogP contribution in [0.3, 0.4) is 0 Å². The molecule has 0 aliphatic heterocycles. The van der Waals surface area contributed by atoms with Gasteiger partial charge in [-0.1, -0.05) is 12.1 Å². The average Bonchev–Trinajstić information content (AvgIpc) is 3.22. The molecule has 28 heavy (non-hydrogen) atoms. The number of thiazole rings is 1. The number of aliphatic imine (C=N–C) groups is 1. The van der Waals surface area contributed by atoms with Crippen molar-refractivity contribution in [3.05, 3.63) is 45.6 Å². The molecule has 152 valence electrons. The number of fused-ring (bicyclic) bond motifs is 1. The van der Waals surface area contributed by atoms with E-state index in [9.17, 15) is 0 Å². The van der Waals surface area contributed by atoms with E-state index >= 15 is 0 Å². The van der Waals surface area contributed by atoms with Crippen LogP contribution < -0.4 is 15.4 Å². The van der Waals surface area contributed by atoms with Crippen LogP contribution in [0.25, 0.3) is 11.0 Å². The number of ether oxygens (including phenoxy) is 1. The molecule has 0 saturated carbocycles. The maximum Gasteiger partial charge on any atom is 0.191 e. The Hall–Kier alpha value is -1.81. The molecule has 0 radical (unpaired) electrons. The number of aryl methyl sites for hydroxylation is 2. The number of nitrogens with one attached hydrogen (secondary N) is 2. The third kappa shape index (κ3) is 5.16. The molecule has 0 aliphatic rings. The summed E-state index contributed by atoms with van der Waals surface area (Å²) in [5, 5.41) is 8.84. The third-order valence-corrected chi connectivity index (χ3v) is 5.32. The summed E-state index contributed by atoms with van der Waals surface area (Å²) in [5.74, 6) is 2.33. The molecule has 2 heterocycles. The summed E-state index contributed by atoms with van der Waals surface area (Å²) in [6.45, 7) is 9.37. The molecule has 8 heteroatoms. The molecule has 3 rings (SSSR count). The summed E-state index contributed by atoms with van der Waals surface area (Å²) >= 11 is 1.70. The van der Waals surface area contributed by atoms with Crippen LogP contribution in [0.4, 0.5) is 0 Å². The molecule has 6 nitrogen and oxygen atoms in total. The lowest BCUT2D eigenvalue weighted by Crippen LogP contribution is -2.38. The monoisotopic (exact) mass is 514 g/mol. The van der Waals surface area contributed by atoms with E-state index in [1.165, 1.54) is 4.88 Å². The Bertz CT molecular complexity index is 951. The predicted octanol–water partition coefficient (Wildman–Crippen LogP) is 4.95. The van der Waals surface area contributed by atoms with Crippen LogP contribution in [-0.2, 0) is 6.54 Å². The average molecular weight is 514 g/mol. The van der Waals surface area contributed by atoms with Gasteiger partial charge in [-0.25, -0.2) is 4.98 Å². The van der Waals surface area contributed by atoms with Crippen LogP contribution in [0, 0.1) is 13.8 Å². The highest BCUT2D eigenvalue weighted by Gasteiger charge is 2.16. The quantitative estimate of drug-likeness (QED) is 0.277. The second-order valence-corrected chi connectivity index (χ2v) is 7.58. The maximum absolute atomic E-state index is 6.07. The number of hydrogen-bond donors (Lipinski definition) is 2. The smallest absolute Gasteiger partial charge is 0.191 e. The topological polar surface area (TPSA) is 71.7 Å². The molecule has 0 aliphatic carbocycles.